The van der Waals surface area contributed by atoms with Crippen LogP contribution in [0.25, 0.3) is 11.0 Å². The number of hydrogen-bond donors (Lipinski definition) is 6. The minimum Gasteiger partial charge on any atom is -0.481 e. The van der Waals surface area contributed by atoms with E-state index in [1.54, 1.807) is 18.3 Å². The molecular formula is C21H25N7O5S. The Kier molecular flexibility index (Phi) is 7.79. The van der Waals surface area contributed by atoms with Crippen molar-refractivity contribution >= 4 is 57.0 Å². The van der Waals surface area contributed by atoms with Crippen molar-refractivity contribution in [2.45, 2.75) is 45.2 Å². The molecule has 0 aliphatic heterocycles. The predicted molar refractivity (Wildman–Crippen MR) is 128 cm³/mol. The first-order chi connectivity index (χ1) is 16.2. The highest BCUT2D eigenvalue weighted by molar-refractivity contribution is 7.17. The summed E-state index contributed by atoms with van der Waals surface area (Å²) in [4.78, 5) is 47.3. The van der Waals surface area contributed by atoms with E-state index in [0.29, 0.717) is 27.5 Å². The molecule has 0 aromatic carbocycles. The van der Waals surface area contributed by atoms with Crippen LogP contribution in [0.4, 0.5) is 16.8 Å². The second-order valence-electron chi connectivity index (χ2n) is 7.49. The van der Waals surface area contributed by atoms with Crippen molar-refractivity contribution < 1.29 is 24.6 Å². The Labute approximate surface area is 198 Å². The van der Waals surface area contributed by atoms with Gasteiger partial charge in [-0.2, -0.15) is 9.97 Å². The van der Waals surface area contributed by atoms with Gasteiger partial charge in [0, 0.05) is 19.2 Å². The second-order valence-corrected chi connectivity index (χ2v) is 8.58. The van der Waals surface area contributed by atoms with Crippen molar-refractivity contribution in [2.75, 3.05) is 16.8 Å². The number of carbonyl (C=O) groups is 3. The summed E-state index contributed by atoms with van der Waals surface area (Å²) in [5, 5.41) is 25.0. The van der Waals surface area contributed by atoms with E-state index in [2.05, 4.69) is 25.6 Å². The predicted octanol–water partition coefficient (Wildman–Crippen LogP) is 1.86. The molecule has 180 valence electrons. The van der Waals surface area contributed by atoms with Gasteiger partial charge in [0.05, 0.1) is 15.3 Å². The molecule has 0 radical (unpaired) electrons. The molecule has 3 rings (SSSR count). The van der Waals surface area contributed by atoms with E-state index in [1.165, 1.54) is 0 Å². The topological polar surface area (TPSA) is 206 Å². The Morgan fingerprint density at radius 2 is 1.94 bits per heavy atom. The molecule has 0 aliphatic rings. The number of aliphatic carboxylic acids is 2. The molecule has 0 saturated carbocycles. The Morgan fingerprint density at radius 3 is 2.62 bits per heavy atom. The van der Waals surface area contributed by atoms with Gasteiger partial charge < -0.3 is 32.3 Å². The first-order valence-electron chi connectivity index (χ1n) is 10.5. The molecule has 12 nitrogen and oxygen atoms in total. The number of fused-ring (bicyclic) bond motifs is 1. The van der Waals surface area contributed by atoms with E-state index in [0.717, 1.165) is 35.3 Å². The summed E-state index contributed by atoms with van der Waals surface area (Å²) in [6, 6.07) is 1.99. The molecule has 0 spiro atoms. The van der Waals surface area contributed by atoms with Crippen LogP contribution in [-0.2, 0) is 22.6 Å². The summed E-state index contributed by atoms with van der Waals surface area (Å²) in [6.07, 6.45) is 2.73. The van der Waals surface area contributed by atoms with Crippen LogP contribution in [-0.4, -0.2) is 49.1 Å². The molecule has 0 saturated heterocycles. The third kappa shape index (κ3) is 5.86. The number of thiophene rings is 1. The van der Waals surface area contributed by atoms with Crippen molar-refractivity contribution in [1.29, 1.82) is 0 Å². The number of nitrogen functional groups attached to an aromatic ring is 2. The fourth-order valence-electron chi connectivity index (χ4n) is 3.42. The highest BCUT2D eigenvalue weighted by Gasteiger charge is 2.22. The van der Waals surface area contributed by atoms with E-state index in [4.69, 9.17) is 16.6 Å². The largest absolute Gasteiger partial charge is 0.481 e. The third-order valence-electron chi connectivity index (χ3n) is 5.00. The molecule has 0 bridgehead atoms. The summed E-state index contributed by atoms with van der Waals surface area (Å²) in [6.45, 7) is 2.45. The van der Waals surface area contributed by atoms with Gasteiger partial charge in [0.2, 0.25) is 5.95 Å². The van der Waals surface area contributed by atoms with Crippen LogP contribution in [0.15, 0.2) is 18.3 Å². The van der Waals surface area contributed by atoms with E-state index < -0.39 is 23.9 Å². The Bertz CT molecular complexity index is 1230. The fourth-order valence-corrected chi connectivity index (χ4v) is 4.23. The molecule has 13 heteroatoms. The number of anilines is 3. The van der Waals surface area contributed by atoms with Gasteiger partial charge in [-0.25, -0.2) is 9.78 Å². The number of nitrogens with two attached hydrogens (primary N) is 2. The Morgan fingerprint density at radius 1 is 1.18 bits per heavy atom. The molecular weight excluding hydrogens is 462 g/mol. The third-order valence-corrected chi connectivity index (χ3v) is 6.04. The molecule has 3 aromatic rings. The molecule has 1 atom stereocenters. The van der Waals surface area contributed by atoms with Gasteiger partial charge in [-0.3, -0.25) is 9.59 Å². The first kappa shape index (κ1) is 24.6. The SMILES string of the molecule is CCCc1c(CNc2ccc(C(=O)N[C@@H](CCC(=O)O)C(=O)O)s2)cnc2nc(N)nc(N)c12. The molecule has 34 heavy (non-hydrogen) atoms. The van der Waals surface area contributed by atoms with E-state index in [9.17, 15) is 19.5 Å². The average Bonchev–Trinajstić information content (AvgIpc) is 3.24. The summed E-state index contributed by atoms with van der Waals surface area (Å²) < 4.78 is 0. The van der Waals surface area contributed by atoms with Crippen LogP contribution >= 0.6 is 11.3 Å². The minimum atomic E-state index is -1.29. The van der Waals surface area contributed by atoms with Gasteiger partial charge in [-0.1, -0.05) is 13.3 Å². The average molecular weight is 488 g/mol. The number of amides is 1. The van der Waals surface area contributed by atoms with Crippen molar-refractivity contribution in [1.82, 2.24) is 20.3 Å². The lowest BCUT2D eigenvalue weighted by atomic mass is 10.0. The maximum atomic E-state index is 12.5. The highest BCUT2D eigenvalue weighted by Crippen LogP contribution is 2.28. The minimum absolute atomic E-state index is 0.0586. The van der Waals surface area contributed by atoms with E-state index in [-0.39, 0.29) is 24.6 Å². The van der Waals surface area contributed by atoms with Gasteiger partial charge in [-0.05, 0) is 36.1 Å². The van der Waals surface area contributed by atoms with Crippen LogP contribution in [0.2, 0.25) is 0 Å². The maximum absolute atomic E-state index is 12.5. The monoisotopic (exact) mass is 487 g/mol. The lowest BCUT2D eigenvalue weighted by Crippen LogP contribution is -2.40. The summed E-state index contributed by atoms with van der Waals surface area (Å²) in [7, 11) is 0. The maximum Gasteiger partial charge on any atom is 0.326 e. The zero-order valence-corrected chi connectivity index (χ0v) is 19.2. The van der Waals surface area contributed by atoms with Gasteiger partial charge >= 0.3 is 11.9 Å². The van der Waals surface area contributed by atoms with Gasteiger partial charge in [-0.15, -0.1) is 11.3 Å². The number of nitrogens with zero attached hydrogens (tertiary/aromatic N) is 3. The van der Waals surface area contributed by atoms with Gasteiger partial charge in [0.25, 0.3) is 5.91 Å². The first-order valence-corrected chi connectivity index (χ1v) is 11.3. The van der Waals surface area contributed by atoms with Crippen LogP contribution < -0.4 is 22.1 Å². The number of carbonyl (C=O) groups excluding carboxylic acids is 1. The molecule has 0 fully saturated rings. The molecule has 0 unspecified atom stereocenters. The Hall–Kier alpha value is -4.00. The lowest BCUT2D eigenvalue weighted by molar-refractivity contribution is -0.140. The van der Waals surface area contributed by atoms with Crippen LogP contribution in [0.1, 0.15) is 47.0 Å². The zero-order chi connectivity index (χ0) is 24.8. The summed E-state index contributed by atoms with van der Waals surface area (Å²) in [5.41, 5.74) is 14.1. The Balaban J connectivity index is 1.73. The fraction of sp³-hybridized carbons (Fsp3) is 0.333. The number of carboxylic acids is 2. The smallest absolute Gasteiger partial charge is 0.326 e. The summed E-state index contributed by atoms with van der Waals surface area (Å²) >= 11 is 1.15. The number of rotatable bonds is 11. The number of hydrogen-bond acceptors (Lipinski definition) is 10. The van der Waals surface area contributed by atoms with E-state index in [1.807, 2.05) is 6.92 Å². The highest BCUT2D eigenvalue weighted by atomic mass is 32.1. The number of carboxylic acid groups (broad SMARTS) is 2. The summed E-state index contributed by atoms with van der Waals surface area (Å²) in [5.74, 6) is -2.68. The standard InChI is InChI=1S/C21H25N7O5S/c1-2-3-11-10(9-25-18-16(11)17(22)27-21(23)28-18)8-24-14-6-5-13(34-14)19(31)26-12(20(32)33)4-7-15(29)30/h5-6,9,12,24H,2-4,7-8H2,1H3,(H,26,31)(H,29,30)(H,32,33)(H4,22,23,25,27,28)/t12-/m0/s1. The number of aromatic nitrogens is 3. The van der Waals surface area contributed by atoms with Crippen molar-refractivity contribution in [3.8, 4) is 0 Å². The number of nitrogens with one attached hydrogen (secondary N) is 2. The van der Waals surface area contributed by atoms with Gasteiger partial charge in [0.15, 0.2) is 5.65 Å². The van der Waals surface area contributed by atoms with Crippen molar-refractivity contribution in [3.05, 3.63) is 34.3 Å². The molecule has 0 aliphatic carbocycles. The lowest BCUT2D eigenvalue weighted by Gasteiger charge is -2.14. The molecule has 3 heterocycles. The molecule has 3 aromatic heterocycles. The van der Waals surface area contributed by atoms with E-state index >= 15 is 0 Å². The zero-order valence-electron chi connectivity index (χ0n) is 18.4. The quantitative estimate of drug-likeness (QED) is 0.230. The molecule has 1 amide bonds. The van der Waals surface area contributed by atoms with Gasteiger partial charge in [0.1, 0.15) is 11.9 Å². The second kappa shape index (κ2) is 10.7. The molecule has 8 N–H and O–H groups in total. The number of aryl methyl sites for hydroxylation is 1. The number of pyridine rings is 1. The van der Waals surface area contributed by atoms with Crippen molar-refractivity contribution in [2.24, 2.45) is 0 Å². The van der Waals surface area contributed by atoms with Crippen LogP contribution in [0.3, 0.4) is 0 Å². The van der Waals surface area contributed by atoms with Crippen LogP contribution in [0, 0.1) is 0 Å². The van der Waals surface area contributed by atoms with Crippen LogP contribution in [0.5, 0.6) is 0 Å². The normalized spacial score (nSPS) is 11.8. The van der Waals surface area contributed by atoms with Crippen molar-refractivity contribution in [3.63, 3.8) is 0 Å².